The Hall–Kier alpha value is -3.39. The molecule has 0 N–H and O–H groups in total. The van der Waals surface area contributed by atoms with Crippen LogP contribution in [0.4, 0.5) is 5.69 Å². The van der Waals surface area contributed by atoms with E-state index in [0.29, 0.717) is 20.9 Å². The zero-order valence-corrected chi connectivity index (χ0v) is 14.4. The molecule has 0 radical (unpaired) electrons. The first-order valence-corrected chi connectivity index (χ1v) is 8.56. The molecule has 0 amide bonds. The maximum Gasteiger partial charge on any atom is 0.276 e. The first-order valence-electron chi connectivity index (χ1n) is 7.75. The molecule has 128 valence electrons. The minimum Gasteiger partial charge on any atom is -0.267 e. The maximum absolute atomic E-state index is 12.8. The van der Waals surface area contributed by atoms with Crippen LogP contribution in [0.2, 0.25) is 0 Å². The number of nitro groups is 1. The lowest BCUT2D eigenvalue weighted by molar-refractivity contribution is -0.384. The SMILES string of the molecule is Cc1ccccc1-c1nnc2sc(=Cc3ccc([N+](=O)[O-])cc3)c(=O)n12. The van der Waals surface area contributed by atoms with Crippen LogP contribution in [0, 0.1) is 17.0 Å². The molecule has 7 nitrogen and oxygen atoms in total. The standard InChI is InChI=1S/C18H12N4O3S/c1-11-4-2-3-5-14(11)16-19-20-18-21(16)17(23)15(26-18)10-12-6-8-13(9-7-12)22(24)25/h2-10H,1H3. The lowest BCUT2D eigenvalue weighted by atomic mass is 10.1. The van der Waals surface area contributed by atoms with Gasteiger partial charge < -0.3 is 0 Å². The highest BCUT2D eigenvalue weighted by Gasteiger charge is 2.15. The first-order chi connectivity index (χ1) is 12.5. The average molecular weight is 364 g/mol. The summed E-state index contributed by atoms with van der Waals surface area (Å²) in [6.45, 7) is 1.96. The molecule has 0 unspecified atom stereocenters. The number of thiazole rings is 1. The molecule has 0 aliphatic heterocycles. The maximum atomic E-state index is 12.8. The predicted molar refractivity (Wildman–Crippen MR) is 99.2 cm³/mol. The van der Waals surface area contributed by atoms with Crippen LogP contribution in [0.1, 0.15) is 11.1 Å². The number of aryl methyl sites for hydroxylation is 1. The smallest absolute Gasteiger partial charge is 0.267 e. The van der Waals surface area contributed by atoms with Gasteiger partial charge in [-0.2, -0.15) is 0 Å². The monoisotopic (exact) mass is 364 g/mol. The van der Waals surface area contributed by atoms with Crippen LogP contribution in [-0.2, 0) is 0 Å². The molecule has 2 aromatic heterocycles. The van der Waals surface area contributed by atoms with Gasteiger partial charge in [-0.15, -0.1) is 10.2 Å². The number of fused-ring (bicyclic) bond motifs is 1. The van der Waals surface area contributed by atoms with E-state index in [9.17, 15) is 14.9 Å². The fourth-order valence-corrected chi connectivity index (χ4v) is 3.62. The topological polar surface area (TPSA) is 90.4 Å². The molecule has 0 saturated carbocycles. The summed E-state index contributed by atoms with van der Waals surface area (Å²) >= 11 is 1.24. The van der Waals surface area contributed by atoms with Crippen molar-refractivity contribution in [3.63, 3.8) is 0 Å². The molecule has 0 aliphatic carbocycles. The fraction of sp³-hybridized carbons (Fsp3) is 0.0556. The largest absolute Gasteiger partial charge is 0.276 e. The van der Waals surface area contributed by atoms with Gasteiger partial charge >= 0.3 is 0 Å². The molecule has 2 heterocycles. The van der Waals surface area contributed by atoms with E-state index in [4.69, 9.17) is 0 Å². The fourth-order valence-electron chi connectivity index (χ4n) is 2.70. The van der Waals surface area contributed by atoms with Gasteiger partial charge in [0.2, 0.25) is 4.96 Å². The van der Waals surface area contributed by atoms with E-state index in [0.717, 1.165) is 11.1 Å². The Morgan fingerprint density at radius 1 is 1.12 bits per heavy atom. The van der Waals surface area contributed by atoms with Crippen molar-refractivity contribution in [3.05, 3.63) is 84.7 Å². The van der Waals surface area contributed by atoms with E-state index in [1.807, 2.05) is 31.2 Å². The number of rotatable bonds is 3. The summed E-state index contributed by atoms with van der Waals surface area (Å²) < 4.78 is 2.00. The molecule has 8 heteroatoms. The average Bonchev–Trinajstić information content (AvgIpc) is 3.17. The highest BCUT2D eigenvalue weighted by Crippen LogP contribution is 2.21. The van der Waals surface area contributed by atoms with Crippen LogP contribution in [0.25, 0.3) is 22.4 Å². The van der Waals surface area contributed by atoms with Gasteiger partial charge in [0, 0.05) is 17.7 Å². The van der Waals surface area contributed by atoms with Gasteiger partial charge in [0.25, 0.3) is 11.2 Å². The van der Waals surface area contributed by atoms with Crippen molar-refractivity contribution in [1.82, 2.24) is 14.6 Å². The van der Waals surface area contributed by atoms with Gasteiger partial charge in [-0.25, -0.2) is 4.40 Å². The molecule has 0 aliphatic rings. The normalized spacial score (nSPS) is 12.0. The van der Waals surface area contributed by atoms with Crippen molar-refractivity contribution in [2.75, 3.05) is 0 Å². The minimum atomic E-state index is -0.456. The molecule has 2 aromatic carbocycles. The number of nitro benzene ring substituents is 1. The van der Waals surface area contributed by atoms with E-state index in [-0.39, 0.29) is 11.2 Å². The van der Waals surface area contributed by atoms with Gasteiger partial charge in [-0.3, -0.25) is 14.9 Å². The summed E-state index contributed by atoms with van der Waals surface area (Å²) in [7, 11) is 0. The Kier molecular flexibility index (Phi) is 3.81. The second kappa shape index (κ2) is 6.16. The van der Waals surface area contributed by atoms with E-state index in [1.54, 1.807) is 18.2 Å². The van der Waals surface area contributed by atoms with Gasteiger partial charge in [0.05, 0.1) is 9.46 Å². The predicted octanol–water partition coefficient (Wildman–Crippen LogP) is 2.58. The van der Waals surface area contributed by atoms with Gasteiger partial charge in [-0.1, -0.05) is 35.6 Å². The molecule has 4 aromatic rings. The van der Waals surface area contributed by atoms with Crippen molar-refractivity contribution in [2.24, 2.45) is 0 Å². The van der Waals surface area contributed by atoms with Crippen LogP contribution in [0.15, 0.2) is 53.3 Å². The molecule has 0 saturated heterocycles. The Morgan fingerprint density at radius 3 is 2.54 bits per heavy atom. The zero-order valence-electron chi connectivity index (χ0n) is 13.6. The molecular weight excluding hydrogens is 352 g/mol. The van der Waals surface area contributed by atoms with Gasteiger partial charge in [0.1, 0.15) is 0 Å². The molecule has 0 fully saturated rings. The van der Waals surface area contributed by atoms with Gasteiger partial charge in [0.15, 0.2) is 5.82 Å². The molecule has 0 bridgehead atoms. The van der Waals surface area contributed by atoms with Crippen molar-refractivity contribution < 1.29 is 4.92 Å². The zero-order chi connectivity index (χ0) is 18.3. The van der Waals surface area contributed by atoms with Crippen LogP contribution in [-0.4, -0.2) is 19.5 Å². The summed E-state index contributed by atoms with van der Waals surface area (Å²) in [4.78, 5) is 23.6. The molecule has 0 atom stereocenters. The third-order valence-corrected chi connectivity index (χ3v) is 5.00. The van der Waals surface area contributed by atoms with Crippen molar-refractivity contribution >= 4 is 28.1 Å². The number of non-ortho nitro benzene ring substituents is 1. The van der Waals surface area contributed by atoms with Crippen LogP contribution in [0.5, 0.6) is 0 Å². The third kappa shape index (κ3) is 2.66. The first kappa shape index (κ1) is 16.1. The number of hydrogen-bond acceptors (Lipinski definition) is 6. The lowest BCUT2D eigenvalue weighted by Crippen LogP contribution is -2.23. The Labute approximate surface area is 151 Å². The number of hydrogen-bond donors (Lipinski definition) is 0. The quantitative estimate of drug-likeness (QED) is 0.412. The minimum absolute atomic E-state index is 0.0107. The van der Waals surface area contributed by atoms with Crippen molar-refractivity contribution in [1.29, 1.82) is 0 Å². The molecule has 0 spiro atoms. The number of benzene rings is 2. The van der Waals surface area contributed by atoms with E-state index in [2.05, 4.69) is 10.2 Å². The van der Waals surface area contributed by atoms with Crippen molar-refractivity contribution in [3.8, 4) is 11.4 Å². The van der Waals surface area contributed by atoms with Gasteiger partial charge in [-0.05, 0) is 36.3 Å². The highest BCUT2D eigenvalue weighted by atomic mass is 32.1. The summed E-state index contributed by atoms with van der Waals surface area (Å²) in [5, 5.41) is 19.0. The number of aromatic nitrogens is 3. The molecule has 26 heavy (non-hydrogen) atoms. The summed E-state index contributed by atoms with van der Waals surface area (Å²) in [6.07, 6.45) is 1.70. The Bertz CT molecular complexity index is 1240. The summed E-state index contributed by atoms with van der Waals surface area (Å²) in [5.41, 5.74) is 2.39. The van der Waals surface area contributed by atoms with E-state index < -0.39 is 4.92 Å². The Morgan fingerprint density at radius 2 is 1.85 bits per heavy atom. The summed E-state index contributed by atoms with van der Waals surface area (Å²) in [6, 6.07) is 13.7. The van der Waals surface area contributed by atoms with Crippen molar-refractivity contribution in [2.45, 2.75) is 6.92 Å². The third-order valence-electron chi connectivity index (χ3n) is 4.04. The Balaban J connectivity index is 1.86. The highest BCUT2D eigenvalue weighted by molar-refractivity contribution is 7.15. The van der Waals surface area contributed by atoms with Crippen LogP contribution >= 0.6 is 11.3 Å². The van der Waals surface area contributed by atoms with E-state index >= 15 is 0 Å². The van der Waals surface area contributed by atoms with Crippen LogP contribution in [0.3, 0.4) is 0 Å². The number of nitrogens with zero attached hydrogens (tertiary/aromatic N) is 4. The van der Waals surface area contributed by atoms with Crippen LogP contribution < -0.4 is 10.1 Å². The summed E-state index contributed by atoms with van der Waals surface area (Å²) in [5.74, 6) is 0.516. The lowest BCUT2D eigenvalue weighted by Gasteiger charge is -2.00. The van der Waals surface area contributed by atoms with E-state index in [1.165, 1.54) is 27.9 Å². The molecule has 4 rings (SSSR count). The molecular formula is C18H12N4O3S. The second-order valence-corrected chi connectivity index (χ2v) is 6.73. The second-order valence-electron chi connectivity index (χ2n) is 5.72.